The molecule has 0 aliphatic carbocycles. The average molecular weight is 463 g/mol. The molecular formula is C25H23FN4O2S. The topological polar surface area (TPSA) is 69.0 Å². The zero-order valence-electron chi connectivity index (χ0n) is 18.1. The Balaban J connectivity index is 1.53. The van der Waals surface area contributed by atoms with Gasteiger partial charge in [0.15, 0.2) is 11.0 Å². The highest BCUT2D eigenvalue weighted by molar-refractivity contribution is 7.19. The van der Waals surface area contributed by atoms with Gasteiger partial charge in [-0.15, -0.1) is 0 Å². The maximum Gasteiger partial charge on any atom is 0.236 e. The first kappa shape index (κ1) is 21.5. The molecule has 6 nitrogen and oxygen atoms in total. The van der Waals surface area contributed by atoms with Gasteiger partial charge in [-0.3, -0.25) is 4.79 Å². The summed E-state index contributed by atoms with van der Waals surface area (Å²) in [6, 6.07) is 16.0. The van der Waals surface area contributed by atoms with Crippen LogP contribution in [0.3, 0.4) is 0 Å². The number of carbonyl (C=O) groups is 1. The van der Waals surface area contributed by atoms with E-state index >= 15 is 0 Å². The lowest BCUT2D eigenvalue weighted by Gasteiger charge is -2.36. The largest absolute Gasteiger partial charge is 0.381 e. The molecule has 1 aliphatic heterocycles. The number of nitrogens with zero attached hydrogens (tertiary/aromatic N) is 3. The number of ether oxygens (including phenoxy) is 1. The molecule has 0 radical (unpaired) electrons. The van der Waals surface area contributed by atoms with E-state index in [4.69, 9.17) is 9.72 Å². The molecule has 0 saturated carbocycles. The molecule has 5 rings (SSSR count). The molecule has 1 saturated heterocycles. The molecule has 1 fully saturated rings. The van der Waals surface area contributed by atoms with Gasteiger partial charge >= 0.3 is 0 Å². The predicted octanol–water partition coefficient (Wildman–Crippen LogP) is 5.04. The van der Waals surface area contributed by atoms with E-state index in [2.05, 4.69) is 10.3 Å². The maximum atomic E-state index is 13.7. The third-order valence-electron chi connectivity index (χ3n) is 6.10. The van der Waals surface area contributed by atoms with Crippen LogP contribution >= 0.6 is 11.3 Å². The van der Waals surface area contributed by atoms with Gasteiger partial charge in [-0.05, 0) is 30.5 Å². The molecule has 1 amide bonds. The molecule has 33 heavy (non-hydrogen) atoms. The Bertz CT molecular complexity index is 1260. The van der Waals surface area contributed by atoms with Crippen LogP contribution in [0.25, 0.3) is 22.0 Å². The van der Waals surface area contributed by atoms with Crippen LogP contribution in [-0.4, -0.2) is 33.7 Å². The van der Waals surface area contributed by atoms with Crippen LogP contribution in [0.1, 0.15) is 18.4 Å². The van der Waals surface area contributed by atoms with E-state index in [1.54, 1.807) is 18.3 Å². The standard InChI is InChI=1S/C25H23FN4O2S/c1-30-14-13-27-22(30)21-20(17-5-3-2-4-6-17)28-24(33-21)29-23(31)25(11-15-32-16-12-25)18-7-9-19(26)10-8-18/h2-10,13-14H,11-12,15-16H2,1H3,(H,28,29,31). The van der Waals surface area contributed by atoms with Gasteiger partial charge in [0, 0.05) is 38.2 Å². The number of nitrogens with one attached hydrogen (secondary N) is 1. The summed E-state index contributed by atoms with van der Waals surface area (Å²) < 4.78 is 21.0. The van der Waals surface area contributed by atoms with Gasteiger partial charge < -0.3 is 14.6 Å². The van der Waals surface area contributed by atoms with E-state index in [-0.39, 0.29) is 11.7 Å². The Kier molecular flexibility index (Phi) is 5.78. The smallest absolute Gasteiger partial charge is 0.236 e. The number of aryl methyl sites for hydroxylation is 1. The van der Waals surface area contributed by atoms with Gasteiger partial charge in [0.25, 0.3) is 0 Å². The van der Waals surface area contributed by atoms with Crippen molar-refractivity contribution < 1.29 is 13.9 Å². The molecule has 2 aromatic heterocycles. The molecule has 4 aromatic rings. The van der Waals surface area contributed by atoms with Crippen molar-refractivity contribution in [2.24, 2.45) is 7.05 Å². The molecule has 0 atom stereocenters. The first-order chi connectivity index (χ1) is 16.1. The van der Waals surface area contributed by atoms with Crippen LogP contribution in [0.5, 0.6) is 0 Å². The number of aromatic nitrogens is 3. The SMILES string of the molecule is Cn1ccnc1-c1sc(NC(=O)C2(c3ccc(F)cc3)CCOCC2)nc1-c1ccccc1. The van der Waals surface area contributed by atoms with E-state index in [1.807, 2.05) is 48.1 Å². The summed E-state index contributed by atoms with van der Waals surface area (Å²) in [6.07, 6.45) is 4.67. The number of anilines is 1. The van der Waals surface area contributed by atoms with Crippen LogP contribution in [0.15, 0.2) is 67.0 Å². The summed E-state index contributed by atoms with van der Waals surface area (Å²) in [4.78, 5) is 23.8. The molecular weight excluding hydrogens is 439 g/mol. The van der Waals surface area contributed by atoms with Crippen LogP contribution < -0.4 is 5.32 Å². The summed E-state index contributed by atoms with van der Waals surface area (Å²) in [5, 5.41) is 3.56. The Morgan fingerprint density at radius 1 is 1.12 bits per heavy atom. The number of halogens is 1. The number of imidazole rings is 1. The van der Waals surface area contributed by atoms with Crippen LogP contribution in [0.4, 0.5) is 9.52 Å². The summed E-state index contributed by atoms with van der Waals surface area (Å²) in [5.74, 6) is 0.303. The van der Waals surface area contributed by atoms with Gasteiger partial charge in [-0.2, -0.15) is 0 Å². The van der Waals surface area contributed by atoms with Crippen molar-refractivity contribution in [3.05, 3.63) is 78.4 Å². The van der Waals surface area contributed by atoms with Crippen molar-refractivity contribution in [3.8, 4) is 22.0 Å². The van der Waals surface area contributed by atoms with Crippen molar-refractivity contribution in [3.63, 3.8) is 0 Å². The quantitative estimate of drug-likeness (QED) is 0.451. The number of carbonyl (C=O) groups excluding carboxylic acids is 1. The third-order valence-corrected chi connectivity index (χ3v) is 7.06. The van der Waals surface area contributed by atoms with E-state index in [0.717, 1.165) is 27.5 Å². The lowest BCUT2D eigenvalue weighted by Crippen LogP contribution is -2.44. The number of hydrogen-bond acceptors (Lipinski definition) is 5. The van der Waals surface area contributed by atoms with E-state index in [9.17, 15) is 9.18 Å². The Morgan fingerprint density at radius 3 is 2.52 bits per heavy atom. The molecule has 0 unspecified atom stereocenters. The highest BCUT2D eigenvalue weighted by atomic mass is 32.1. The van der Waals surface area contributed by atoms with Crippen LogP contribution in [0, 0.1) is 5.82 Å². The van der Waals surface area contributed by atoms with Crippen molar-refractivity contribution >= 4 is 22.4 Å². The van der Waals surface area contributed by atoms with E-state index < -0.39 is 5.41 Å². The highest BCUT2D eigenvalue weighted by Gasteiger charge is 2.42. The predicted molar refractivity (Wildman–Crippen MR) is 127 cm³/mol. The Morgan fingerprint density at radius 2 is 1.85 bits per heavy atom. The Labute approximate surface area is 195 Å². The summed E-state index contributed by atoms with van der Waals surface area (Å²) >= 11 is 1.40. The van der Waals surface area contributed by atoms with Gasteiger partial charge in [-0.1, -0.05) is 53.8 Å². The molecule has 0 spiro atoms. The maximum absolute atomic E-state index is 13.7. The second-order valence-corrected chi connectivity index (χ2v) is 9.08. The fraction of sp³-hybridized carbons (Fsp3) is 0.240. The number of thiazole rings is 1. The minimum Gasteiger partial charge on any atom is -0.381 e. The van der Waals surface area contributed by atoms with Gasteiger partial charge in [0.05, 0.1) is 16.0 Å². The van der Waals surface area contributed by atoms with E-state index in [0.29, 0.717) is 31.2 Å². The Hall–Kier alpha value is -3.36. The van der Waals surface area contributed by atoms with Crippen molar-refractivity contribution in [1.29, 1.82) is 0 Å². The van der Waals surface area contributed by atoms with Crippen LogP contribution in [-0.2, 0) is 22.0 Å². The van der Waals surface area contributed by atoms with Gasteiger partial charge in [-0.25, -0.2) is 14.4 Å². The zero-order chi connectivity index (χ0) is 22.8. The highest BCUT2D eigenvalue weighted by Crippen LogP contribution is 2.40. The lowest BCUT2D eigenvalue weighted by atomic mass is 9.73. The fourth-order valence-corrected chi connectivity index (χ4v) is 5.28. The molecule has 8 heteroatoms. The molecule has 2 aromatic carbocycles. The zero-order valence-corrected chi connectivity index (χ0v) is 18.9. The van der Waals surface area contributed by atoms with Gasteiger partial charge in [0.2, 0.25) is 5.91 Å². The number of hydrogen-bond donors (Lipinski definition) is 1. The summed E-state index contributed by atoms with van der Waals surface area (Å²) in [6.45, 7) is 0.937. The molecule has 3 heterocycles. The monoisotopic (exact) mass is 462 g/mol. The molecule has 1 N–H and O–H groups in total. The number of benzene rings is 2. The molecule has 1 aliphatic rings. The summed E-state index contributed by atoms with van der Waals surface area (Å²) in [7, 11) is 1.93. The fourth-order valence-electron chi connectivity index (χ4n) is 4.25. The molecule has 168 valence electrons. The molecule has 0 bridgehead atoms. The third kappa shape index (κ3) is 4.07. The van der Waals surface area contributed by atoms with Gasteiger partial charge in [0.1, 0.15) is 5.82 Å². The average Bonchev–Trinajstić information content (AvgIpc) is 3.46. The minimum atomic E-state index is -0.798. The number of rotatable bonds is 5. The second-order valence-electron chi connectivity index (χ2n) is 8.08. The minimum absolute atomic E-state index is 0.155. The van der Waals surface area contributed by atoms with Crippen LogP contribution in [0.2, 0.25) is 0 Å². The summed E-state index contributed by atoms with van der Waals surface area (Å²) in [5.41, 5.74) is 1.71. The van der Waals surface area contributed by atoms with Crippen molar-refractivity contribution in [2.75, 3.05) is 18.5 Å². The first-order valence-corrected chi connectivity index (χ1v) is 11.6. The normalized spacial score (nSPS) is 15.3. The van der Waals surface area contributed by atoms with Crippen molar-refractivity contribution in [1.82, 2.24) is 14.5 Å². The lowest BCUT2D eigenvalue weighted by molar-refractivity contribution is -0.125. The van der Waals surface area contributed by atoms with E-state index in [1.165, 1.54) is 23.5 Å². The van der Waals surface area contributed by atoms with Crippen molar-refractivity contribution in [2.45, 2.75) is 18.3 Å². The second kappa shape index (κ2) is 8.88. The number of amides is 1. The first-order valence-electron chi connectivity index (χ1n) is 10.8.